The Morgan fingerprint density at radius 1 is 0.935 bits per heavy atom. The Labute approximate surface area is 177 Å². The van der Waals surface area contributed by atoms with Crippen molar-refractivity contribution < 1.29 is 21.6 Å². The summed E-state index contributed by atoms with van der Waals surface area (Å²) in [5.41, 5.74) is 0.218. The van der Waals surface area contributed by atoms with Gasteiger partial charge in [-0.05, 0) is 36.6 Å². The third kappa shape index (κ3) is 3.43. The summed E-state index contributed by atoms with van der Waals surface area (Å²) < 4.78 is 67.8. The fourth-order valence-corrected chi connectivity index (χ4v) is 6.07. The topological polar surface area (TPSA) is 66.4 Å². The van der Waals surface area contributed by atoms with Crippen LogP contribution in [-0.2, 0) is 16.2 Å². The molecule has 2 atom stereocenters. The molecular weight excluding hydrogens is 429 g/mol. The third-order valence-electron chi connectivity index (χ3n) is 6.00. The van der Waals surface area contributed by atoms with Crippen LogP contribution in [-0.4, -0.2) is 48.4 Å². The van der Waals surface area contributed by atoms with E-state index in [9.17, 15) is 21.6 Å². The number of alkyl halides is 3. The molecule has 5 rings (SSSR count). The minimum Gasteiger partial charge on any atom is -0.351 e. The van der Waals surface area contributed by atoms with Crippen molar-refractivity contribution in [3.63, 3.8) is 0 Å². The van der Waals surface area contributed by atoms with E-state index in [0.717, 1.165) is 0 Å². The standard InChI is InChI=1S/C21H19F3N4O2S/c22-21(23,24)20-25-17-9-5-4-8-16(17)19(26-20)28-11-10-14-12-27(13-18(14)28)31(29,30)15-6-2-1-3-7-15/h1-9,14,18H,10-13H2. The molecule has 31 heavy (non-hydrogen) atoms. The Bertz CT molecular complexity index is 1230. The van der Waals surface area contributed by atoms with Gasteiger partial charge in [-0.25, -0.2) is 18.4 Å². The summed E-state index contributed by atoms with van der Waals surface area (Å²) in [7, 11) is -3.67. The summed E-state index contributed by atoms with van der Waals surface area (Å²) in [6, 6.07) is 14.5. The van der Waals surface area contributed by atoms with Crippen molar-refractivity contribution in [1.82, 2.24) is 14.3 Å². The first-order valence-corrected chi connectivity index (χ1v) is 11.3. The van der Waals surface area contributed by atoms with E-state index < -0.39 is 22.0 Å². The lowest BCUT2D eigenvalue weighted by molar-refractivity contribution is -0.144. The molecule has 2 aliphatic rings. The smallest absolute Gasteiger partial charge is 0.351 e. The Morgan fingerprint density at radius 3 is 2.39 bits per heavy atom. The zero-order valence-corrected chi connectivity index (χ0v) is 17.1. The number of sulfonamides is 1. The summed E-state index contributed by atoms with van der Waals surface area (Å²) in [5.74, 6) is -0.942. The van der Waals surface area contributed by atoms with Crippen LogP contribution in [0.15, 0.2) is 59.5 Å². The maximum Gasteiger partial charge on any atom is 0.451 e. The van der Waals surface area contributed by atoms with E-state index in [1.165, 1.54) is 10.4 Å². The van der Waals surface area contributed by atoms with Crippen LogP contribution in [0.3, 0.4) is 0 Å². The lowest BCUT2D eigenvalue weighted by Gasteiger charge is -2.27. The molecular formula is C21H19F3N4O2S. The SMILES string of the molecule is O=S(=O)(c1ccccc1)N1CC2CCN(c3nc(C(F)(F)F)nc4ccccc34)C2C1. The highest BCUT2D eigenvalue weighted by Gasteiger charge is 2.47. The van der Waals surface area contributed by atoms with Crippen LogP contribution in [0.5, 0.6) is 0 Å². The van der Waals surface area contributed by atoms with Gasteiger partial charge >= 0.3 is 6.18 Å². The van der Waals surface area contributed by atoms with Crippen molar-refractivity contribution in [2.24, 2.45) is 5.92 Å². The number of rotatable bonds is 3. The van der Waals surface area contributed by atoms with E-state index in [4.69, 9.17) is 0 Å². The Morgan fingerprint density at radius 2 is 1.65 bits per heavy atom. The molecule has 0 amide bonds. The number of aromatic nitrogens is 2. The number of hydrogen-bond donors (Lipinski definition) is 0. The van der Waals surface area contributed by atoms with Crippen LogP contribution >= 0.6 is 0 Å². The Balaban J connectivity index is 1.52. The highest BCUT2D eigenvalue weighted by Crippen LogP contribution is 2.40. The van der Waals surface area contributed by atoms with Gasteiger partial charge in [0.1, 0.15) is 5.82 Å². The molecule has 10 heteroatoms. The van der Waals surface area contributed by atoms with Crippen LogP contribution in [0.1, 0.15) is 12.2 Å². The monoisotopic (exact) mass is 448 g/mol. The van der Waals surface area contributed by atoms with Crippen LogP contribution in [0.4, 0.5) is 19.0 Å². The largest absolute Gasteiger partial charge is 0.451 e. The molecule has 0 bridgehead atoms. The van der Waals surface area contributed by atoms with Gasteiger partial charge in [0.15, 0.2) is 0 Å². The van der Waals surface area contributed by atoms with E-state index >= 15 is 0 Å². The highest BCUT2D eigenvalue weighted by molar-refractivity contribution is 7.89. The molecule has 0 N–H and O–H groups in total. The molecule has 162 valence electrons. The van der Waals surface area contributed by atoms with Crippen LogP contribution in [0.25, 0.3) is 10.9 Å². The van der Waals surface area contributed by atoms with E-state index in [2.05, 4.69) is 9.97 Å². The average Bonchev–Trinajstić information content (AvgIpc) is 3.34. The van der Waals surface area contributed by atoms with E-state index in [1.807, 2.05) is 4.90 Å². The molecule has 2 aliphatic heterocycles. The van der Waals surface area contributed by atoms with Gasteiger partial charge in [-0.1, -0.05) is 30.3 Å². The molecule has 2 aromatic carbocycles. The van der Waals surface area contributed by atoms with Gasteiger partial charge in [-0.15, -0.1) is 0 Å². The molecule has 2 fully saturated rings. The lowest BCUT2D eigenvalue weighted by Crippen LogP contribution is -2.38. The molecule has 2 saturated heterocycles. The second kappa shape index (κ2) is 7.16. The van der Waals surface area contributed by atoms with Crippen LogP contribution < -0.4 is 4.90 Å². The van der Waals surface area contributed by atoms with Gasteiger partial charge in [0.2, 0.25) is 15.8 Å². The van der Waals surface area contributed by atoms with Crippen molar-refractivity contribution in [2.45, 2.75) is 23.5 Å². The number of anilines is 1. The predicted octanol–water partition coefficient (Wildman–Crippen LogP) is 3.55. The van der Waals surface area contributed by atoms with Crippen LogP contribution in [0.2, 0.25) is 0 Å². The molecule has 3 aromatic rings. The van der Waals surface area contributed by atoms with Crippen molar-refractivity contribution in [2.75, 3.05) is 24.5 Å². The molecule has 0 spiro atoms. The van der Waals surface area contributed by atoms with Crippen LogP contribution in [0, 0.1) is 5.92 Å². The summed E-state index contributed by atoms with van der Waals surface area (Å²) in [6.07, 6.45) is -3.98. The van der Waals surface area contributed by atoms with Crippen molar-refractivity contribution in [1.29, 1.82) is 0 Å². The number of benzene rings is 2. The number of nitrogens with zero attached hydrogens (tertiary/aromatic N) is 4. The number of halogens is 3. The number of fused-ring (bicyclic) bond motifs is 2. The minimum absolute atomic E-state index is 0.0292. The van der Waals surface area contributed by atoms with E-state index in [0.29, 0.717) is 24.9 Å². The molecule has 6 nitrogen and oxygen atoms in total. The van der Waals surface area contributed by atoms with Crippen molar-refractivity contribution in [3.05, 3.63) is 60.4 Å². The zero-order valence-electron chi connectivity index (χ0n) is 16.3. The molecule has 0 saturated carbocycles. The average molecular weight is 448 g/mol. The molecule has 0 radical (unpaired) electrons. The highest BCUT2D eigenvalue weighted by atomic mass is 32.2. The third-order valence-corrected chi connectivity index (χ3v) is 7.85. The fourth-order valence-electron chi connectivity index (χ4n) is 4.53. The summed E-state index contributed by atoms with van der Waals surface area (Å²) in [5, 5.41) is 0.528. The molecule has 3 heterocycles. The van der Waals surface area contributed by atoms with Crippen molar-refractivity contribution in [3.8, 4) is 0 Å². The fraction of sp³-hybridized carbons (Fsp3) is 0.333. The molecule has 1 aromatic heterocycles. The van der Waals surface area contributed by atoms with Gasteiger partial charge in [0.25, 0.3) is 0 Å². The van der Waals surface area contributed by atoms with E-state index in [1.54, 1.807) is 48.5 Å². The maximum absolute atomic E-state index is 13.4. The lowest BCUT2D eigenvalue weighted by atomic mass is 10.1. The second-order valence-electron chi connectivity index (χ2n) is 7.83. The quantitative estimate of drug-likeness (QED) is 0.613. The normalized spacial score (nSPS) is 22.2. The molecule has 0 aliphatic carbocycles. The second-order valence-corrected chi connectivity index (χ2v) is 9.77. The first kappa shape index (κ1) is 20.2. The number of para-hydroxylation sites is 1. The first-order chi connectivity index (χ1) is 14.7. The first-order valence-electron chi connectivity index (χ1n) is 9.91. The van der Waals surface area contributed by atoms with Gasteiger partial charge in [0, 0.05) is 31.1 Å². The maximum atomic E-state index is 13.4. The summed E-state index contributed by atoms with van der Waals surface area (Å²) in [4.78, 5) is 9.61. The Kier molecular flexibility index (Phi) is 4.67. The zero-order chi connectivity index (χ0) is 21.8. The van der Waals surface area contributed by atoms with Gasteiger partial charge in [-0.2, -0.15) is 17.5 Å². The minimum atomic E-state index is -4.67. The summed E-state index contributed by atoms with van der Waals surface area (Å²) in [6.45, 7) is 1.07. The predicted molar refractivity (Wildman–Crippen MR) is 109 cm³/mol. The Hall–Kier alpha value is -2.72. The van der Waals surface area contributed by atoms with Gasteiger partial charge < -0.3 is 4.90 Å². The molecule has 2 unspecified atom stereocenters. The van der Waals surface area contributed by atoms with Gasteiger partial charge in [-0.3, -0.25) is 0 Å². The van der Waals surface area contributed by atoms with Crippen molar-refractivity contribution >= 4 is 26.7 Å². The summed E-state index contributed by atoms with van der Waals surface area (Å²) >= 11 is 0. The van der Waals surface area contributed by atoms with Gasteiger partial charge in [0.05, 0.1) is 10.4 Å². The van der Waals surface area contributed by atoms with E-state index in [-0.39, 0.29) is 34.7 Å². The number of hydrogen-bond acceptors (Lipinski definition) is 5.